The lowest BCUT2D eigenvalue weighted by Crippen LogP contribution is -2.36. The summed E-state index contributed by atoms with van der Waals surface area (Å²) in [6.45, 7) is 0.0822. The Bertz CT molecular complexity index is 994. The van der Waals surface area contributed by atoms with Crippen LogP contribution in [-0.2, 0) is 9.59 Å². The van der Waals surface area contributed by atoms with Gasteiger partial charge in [-0.15, -0.1) is 0 Å². The summed E-state index contributed by atoms with van der Waals surface area (Å²) < 4.78 is 8.31. The Morgan fingerprint density at radius 1 is 1.04 bits per heavy atom. The lowest BCUT2D eigenvalue weighted by Gasteiger charge is -2.16. The first-order valence-electron chi connectivity index (χ1n) is 7.87. The summed E-state index contributed by atoms with van der Waals surface area (Å²) >= 11 is 12.9. The SMILES string of the molecule is CN(CC(=O)Nc1ccc(Cl)c(Cl)c1)CC(=O)Nc1cccc2nsnc12. The molecule has 0 radical (unpaired) electrons. The number of nitrogens with one attached hydrogen (secondary N) is 2. The second-order valence-corrected chi connectivity index (χ2v) is 7.18. The van der Waals surface area contributed by atoms with Crippen LogP contribution in [-0.4, -0.2) is 45.6 Å². The molecule has 140 valence electrons. The minimum absolute atomic E-state index is 0.0378. The first-order chi connectivity index (χ1) is 12.9. The molecule has 1 heterocycles. The minimum atomic E-state index is -0.269. The number of aromatic nitrogens is 2. The summed E-state index contributed by atoms with van der Waals surface area (Å²) in [6.07, 6.45) is 0. The maximum Gasteiger partial charge on any atom is 0.238 e. The first-order valence-corrected chi connectivity index (χ1v) is 9.35. The van der Waals surface area contributed by atoms with E-state index in [1.54, 1.807) is 42.3 Å². The number of carbonyl (C=O) groups excluding carboxylic acids is 2. The second kappa shape index (κ2) is 8.62. The van der Waals surface area contributed by atoms with Crippen molar-refractivity contribution in [1.29, 1.82) is 0 Å². The van der Waals surface area contributed by atoms with Crippen LogP contribution in [0.15, 0.2) is 36.4 Å². The maximum absolute atomic E-state index is 12.2. The first kappa shape index (κ1) is 19.5. The van der Waals surface area contributed by atoms with Crippen LogP contribution < -0.4 is 10.6 Å². The molecule has 0 aliphatic heterocycles. The molecule has 3 aromatic rings. The Morgan fingerprint density at radius 2 is 1.78 bits per heavy atom. The van der Waals surface area contributed by atoms with Gasteiger partial charge in [0.05, 0.1) is 40.6 Å². The van der Waals surface area contributed by atoms with Gasteiger partial charge in [0.25, 0.3) is 0 Å². The number of benzene rings is 2. The normalized spacial score (nSPS) is 11.0. The molecule has 0 saturated carbocycles. The van der Waals surface area contributed by atoms with E-state index in [4.69, 9.17) is 23.2 Å². The molecule has 2 aromatic carbocycles. The van der Waals surface area contributed by atoms with E-state index in [2.05, 4.69) is 19.4 Å². The molecular weight excluding hydrogens is 409 g/mol. The molecule has 0 fully saturated rings. The van der Waals surface area contributed by atoms with Crippen LogP contribution in [0.1, 0.15) is 0 Å². The van der Waals surface area contributed by atoms with Crippen LogP contribution in [0.4, 0.5) is 11.4 Å². The third kappa shape index (κ3) is 5.14. The molecule has 0 saturated heterocycles. The van der Waals surface area contributed by atoms with Crippen molar-refractivity contribution >= 4 is 69.2 Å². The van der Waals surface area contributed by atoms with Crippen LogP contribution in [0.25, 0.3) is 11.0 Å². The van der Waals surface area contributed by atoms with Crippen molar-refractivity contribution in [3.05, 3.63) is 46.4 Å². The molecule has 7 nitrogen and oxygen atoms in total. The highest BCUT2D eigenvalue weighted by Gasteiger charge is 2.13. The fourth-order valence-electron chi connectivity index (χ4n) is 2.42. The zero-order valence-electron chi connectivity index (χ0n) is 14.2. The Kier molecular flexibility index (Phi) is 6.22. The highest BCUT2D eigenvalue weighted by atomic mass is 35.5. The van der Waals surface area contributed by atoms with Gasteiger partial charge in [-0.1, -0.05) is 29.3 Å². The summed E-state index contributed by atoms with van der Waals surface area (Å²) in [5.41, 5.74) is 2.51. The molecule has 0 atom stereocenters. The van der Waals surface area contributed by atoms with Crippen LogP contribution in [0.3, 0.4) is 0 Å². The number of rotatable bonds is 6. The quantitative estimate of drug-likeness (QED) is 0.633. The van der Waals surface area contributed by atoms with Crippen molar-refractivity contribution in [2.24, 2.45) is 0 Å². The fourth-order valence-corrected chi connectivity index (χ4v) is 3.27. The summed E-state index contributed by atoms with van der Waals surface area (Å²) in [5, 5.41) is 6.28. The van der Waals surface area contributed by atoms with Crippen molar-refractivity contribution < 1.29 is 9.59 Å². The number of anilines is 2. The van der Waals surface area contributed by atoms with Crippen LogP contribution >= 0.6 is 34.9 Å². The highest BCUT2D eigenvalue weighted by Crippen LogP contribution is 2.25. The number of likely N-dealkylation sites (N-methyl/N-ethyl adjacent to an activating group) is 1. The smallest absolute Gasteiger partial charge is 0.238 e. The van der Waals surface area contributed by atoms with Gasteiger partial charge in [-0.3, -0.25) is 14.5 Å². The van der Waals surface area contributed by atoms with Crippen molar-refractivity contribution in [3.8, 4) is 0 Å². The van der Waals surface area contributed by atoms with E-state index in [-0.39, 0.29) is 24.9 Å². The number of hydrogen-bond acceptors (Lipinski definition) is 6. The molecule has 0 aliphatic carbocycles. The molecule has 10 heteroatoms. The summed E-state index contributed by atoms with van der Waals surface area (Å²) in [4.78, 5) is 26.0. The van der Waals surface area contributed by atoms with Gasteiger partial charge in [0.2, 0.25) is 11.8 Å². The maximum atomic E-state index is 12.2. The highest BCUT2D eigenvalue weighted by molar-refractivity contribution is 7.00. The largest absolute Gasteiger partial charge is 0.325 e. The number of nitrogens with zero attached hydrogens (tertiary/aromatic N) is 3. The third-order valence-electron chi connectivity index (χ3n) is 3.59. The van der Waals surface area contributed by atoms with E-state index in [1.165, 1.54) is 0 Å². The van der Waals surface area contributed by atoms with Crippen LogP contribution in [0.5, 0.6) is 0 Å². The summed E-state index contributed by atoms with van der Waals surface area (Å²) in [6, 6.07) is 10.2. The molecule has 0 aliphatic rings. The molecule has 0 spiro atoms. The molecular formula is C17H15Cl2N5O2S. The van der Waals surface area contributed by atoms with Gasteiger partial charge >= 0.3 is 0 Å². The van der Waals surface area contributed by atoms with Crippen LogP contribution in [0.2, 0.25) is 10.0 Å². The Labute approximate surface area is 169 Å². The lowest BCUT2D eigenvalue weighted by molar-refractivity contribution is -0.119. The molecule has 0 unspecified atom stereocenters. The topological polar surface area (TPSA) is 87.2 Å². The molecule has 2 amide bonds. The molecule has 1 aromatic heterocycles. The van der Waals surface area contributed by atoms with Gasteiger partial charge in [0.1, 0.15) is 11.0 Å². The van der Waals surface area contributed by atoms with Gasteiger partial charge in [0.15, 0.2) is 0 Å². The predicted molar refractivity (Wildman–Crippen MR) is 109 cm³/mol. The van der Waals surface area contributed by atoms with Crippen LogP contribution in [0, 0.1) is 0 Å². The lowest BCUT2D eigenvalue weighted by atomic mass is 10.2. The Balaban J connectivity index is 1.53. The van der Waals surface area contributed by atoms with Gasteiger partial charge in [-0.05, 0) is 37.4 Å². The van der Waals surface area contributed by atoms with E-state index in [1.807, 2.05) is 6.07 Å². The predicted octanol–water partition coefficient (Wildman–Crippen LogP) is 3.51. The van der Waals surface area contributed by atoms with Crippen molar-refractivity contribution in [3.63, 3.8) is 0 Å². The molecule has 3 rings (SSSR count). The molecule has 27 heavy (non-hydrogen) atoms. The van der Waals surface area contributed by atoms with Gasteiger partial charge < -0.3 is 10.6 Å². The average molecular weight is 424 g/mol. The van der Waals surface area contributed by atoms with Gasteiger partial charge in [0, 0.05) is 5.69 Å². The number of halogens is 2. The van der Waals surface area contributed by atoms with E-state index >= 15 is 0 Å². The number of carbonyl (C=O) groups is 2. The Morgan fingerprint density at radius 3 is 2.52 bits per heavy atom. The Hall–Kier alpha value is -2.26. The zero-order valence-corrected chi connectivity index (χ0v) is 16.5. The molecule has 2 N–H and O–H groups in total. The number of hydrogen-bond donors (Lipinski definition) is 2. The third-order valence-corrected chi connectivity index (χ3v) is 4.87. The van der Waals surface area contributed by atoms with E-state index in [0.29, 0.717) is 26.9 Å². The zero-order chi connectivity index (χ0) is 19.4. The van der Waals surface area contributed by atoms with Crippen molar-refractivity contribution in [2.75, 3.05) is 30.8 Å². The van der Waals surface area contributed by atoms with E-state index in [0.717, 1.165) is 17.2 Å². The van der Waals surface area contributed by atoms with E-state index in [9.17, 15) is 9.59 Å². The summed E-state index contributed by atoms with van der Waals surface area (Å²) in [5.74, 6) is -0.519. The van der Waals surface area contributed by atoms with Crippen molar-refractivity contribution in [2.45, 2.75) is 0 Å². The number of fused-ring (bicyclic) bond motifs is 1. The monoisotopic (exact) mass is 423 g/mol. The number of amides is 2. The van der Waals surface area contributed by atoms with E-state index < -0.39 is 0 Å². The fraction of sp³-hybridized carbons (Fsp3) is 0.176. The van der Waals surface area contributed by atoms with Gasteiger partial charge in [-0.2, -0.15) is 8.75 Å². The summed E-state index contributed by atoms with van der Waals surface area (Å²) in [7, 11) is 1.68. The average Bonchev–Trinajstić information content (AvgIpc) is 3.07. The molecule has 0 bridgehead atoms. The van der Waals surface area contributed by atoms with Gasteiger partial charge in [-0.25, -0.2) is 0 Å². The van der Waals surface area contributed by atoms with Crippen molar-refractivity contribution in [1.82, 2.24) is 13.6 Å². The minimum Gasteiger partial charge on any atom is -0.325 e. The standard InChI is InChI=1S/C17H15Cl2N5O2S/c1-24(8-15(25)20-10-5-6-11(18)12(19)7-10)9-16(26)21-13-3-2-4-14-17(13)23-27-22-14/h2-7H,8-9H2,1H3,(H,20,25)(H,21,26). The second-order valence-electron chi connectivity index (χ2n) is 5.84.